The number of nitrogens with zero attached hydrogens (tertiary/aromatic N) is 1. The van der Waals surface area contributed by atoms with Crippen LogP contribution in [0, 0.1) is 26.6 Å². The summed E-state index contributed by atoms with van der Waals surface area (Å²) < 4.78 is 20.3. The lowest BCUT2D eigenvalue weighted by Gasteiger charge is -2.37. The fourth-order valence-corrected chi connectivity index (χ4v) is 5.28. The van der Waals surface area contributed by atoms with Gasteiger partial charge >= 0.3 is 0 Å². The number of nitrogens with one attached hydrogen (secondary N) is 2. The van der Waals surface area contributed by atoms with E-state index >= 15 is 0 Å². The van der Waals surface area contributed by atoms with Crippen LogP contribution in [0.4, 0.5) is 10.1 Å². The van der Waals surface area contributed by atoms with Crippen LogP contribution in [0.5, 0.6) is 0 Å². The van der Waals surface area contributed by atoms with E-state index in [0.29, 0.717) is 35.5 Å². The molecule has 8 heteroatoms. The third-order valence-corrected chi connectivity index (χ3v) is 7.43. The van der Waals surface area contributed by atoms with E-state index in [1.54, 1.807) is 12.1 Å². The van der Waals surface area contributed by atoms with Crippen molar-refractivity contribution in [2.24, 2.45) is 5.73 Å². The predicted octanol–water partition coefficient (Wildman–Crippen LogP) is 4.50. The molecule has 1 saturated heterocycles. The van der Waals surface area contributed by atoms with Gasteiger partial charge in [0.05, 0.1) is 0 Å². The molecule has 0 aliphatic carbocycles. The summed E-state index contributed by atoms with van der Waals surface area (Å²) in [4.78, 5) is 31.2. The Bertz CT molecular complexity index is 1380. The van der Waals surface area contributed by atoms with E-state index in [4.69, 9.17) is 10.5 Å². The highest BCUT2D eigenvalue weighted by molar-refractivity contribution is 5.99. The number of carbonyl (C=O) groups is 1. The van der Waals surface area contributed by atoms with Gasteiger partial charge in [0.1, 0.15) is 5.82 Å². The molecule has 0 saturated carbocycles. The van der Waals surface area contributed by atoms with Crippen LogP contribution >= 0.6 is 0 Å². The number of hydrogen-bond acceptors (Lipinski definition) is 5. The summed E-state index contributed by atoms with van der Waals surface area (Å²) in [6.45, 7) is 10.1. The minimum absolute atomic E-state index is 0.108. The molecule has 1 fully saturated rings. The summed E-state index contributed by atoms with van der Waals surface area (Å²) in [5.74, 6) is -0.656. The van der Waals surface area contributed by atoms with Gasteiger partial charge in [-0.25, -0.2) is 4.39 Å². The summed E-state index contributed by atoms with van der Waals surface area (Å²) >= 11 is 0. The Labute approximate surface area is 223 Å². The Hall–Kier alpha value is -3.49. The number of hydrogen-bond donors (Lipinski definition) is 3. The second-order valence-corrected chi connectivity index (χ2v) is 9.93. The zero-order valence-electron chi connectivity index (χ0n) is 22.6. The minimum atomic E-state index is -0.371. The summed E-state index contributed by atoms with van der Waals surface area (Å²) in [6.07, 6.45) is 1.79. The molecule has 38 heavy (non-hydrogen) atoms. The van der Waals surface area contributed by atoms with E-state index in [9.17, 15) is 14.0 Å². The SMILES string of the molecule is CCN(c1cc(-c2ccc(CN)c(F)c2)cc(C(=O)NCc2c(C)cc(C)[nH]c2=O)c1C)C1CCOCC1. The Kier molecular flexibility index (Phi) is 8.64. The molecule has 2 aromatic carbocycles. The lowest BCUT2D eigenvalue weighted by molar-refractivity contribution is 0.0846. The maximum Gasteiger partial charge on any atom is 0.253 e. The fraction of sp³-hybridized carbons (Fsp3) is 0.400. The lowest BCUT2D eigenvalue weighted by atomic mass is 9.94. The summed E-state index contributed by atoms with van der Waals surface area (Å²) in [5, 5.41) is 2.94. The number of rotatable bonds is 8. The van der Waals surface area contributed by atoms with E-state index in [-0.39, 0.29) is 36.4 Å². The molecular formula is C30H37FN4O3. The zero-order chi connectivity index (χ0) is 27.4. The first-order valence-corrected chi connectivity index (χ1v) is 13.2. The maximum absolute atomic E-state index is 14.7. The molecule has 2 heterocycles. The van der Waals surface area contributed by atoms with Gasteiger partial charge < -0.3 is 25.7 Å². The second-order valence-electron chi connectivity index (χ2n) is 9.93. The monoisotopic (exact) mass is 520 g/mol. The van der Waals surface area contributed by atoms with Crippen molar-refractivity contribution in [2.45, 2.75) is 59.7 Å². The van der Waals surface area contributed by atoms with Crippen molar-refractivity contribution in [1.29, 1.82) is 0 Å². The third kappa shape index (κ3) is 5.81. The minimum Gasteiger partial charge on any atom is -0.381 e. The normalized spacial score (nSPS) is 13.9. The first kappa shape index (κ1) is 27.5. The number of pyridine rings is 1. The number of nitrogens with two attached hydrogens (primary N) is 1. The molecule has 0 bridgehead atoms. The third-order valence-electron chi connectivity index (χ3n) is 7.43. The molecule has 1 aromatic heterocycles. The maximum atomic E-state index is 14.7. The molecule has 0 atom stereocenters. The topological polar surface area (TPSA) is 100 Å². The standard InChI is InChI=1S/C30H37FN4O3/c1-5-35(24-8-10-38-11-9-24)28-15-23(21-6-7-22(16-32)27(31)14-21)13-25(20(28)4)29(36)33-17-26-18(2)12-19(3)34-30(26)37/h6-7,12-15,24H,5,8-11,16-17,32H2,1-4H3,(H,33,36)(H,34,37). The molecule has 4 N–H and O–H groups in total. The predicted molar refractivity (Wildman–Crippen MR) is 149 cm³/mol. The number of amides is 1. The van der Waals surface area contributed by atoms with E-state index in [2.05, 4.69) is 22.1 Å². The molecule has 1 aliphatic rings. The van der Waals surface area contributed by atoms with Crippen molar-refractivity contribution in [3.05, 3.63) is 86.1 Å². The van der Waals surface area contributed by atoms with Crippen molar-refractivity contribution in [1.82, 2.24) is 10.3 Å². The van der Waals surface area contributed by atoms with Crippen LogP contribution in [0.15, 0.2) is 41.2 Å². The number of H-pyrrole nitrogens is 1. The van der Waals surface area contributed by atoms with Crippen LogP contribution in [0.2, 0.25) is 0 Å². The summed E-state index contributed by atoms with van der Waals surface area (Å²) in [6, 6.07) is 11.0. The van der Waals surface area contributed by atoms with Crippen LogP contribution in [-0.4, -0.2) is 36.7 Å². The van der Waals surface area contributed by atoms with E-state index in [1.165, 1.54) is 6.07 Å². The van der Waals surface area contributed by atoms with Gasteiger partial charge in [0.25, 0.3) is 11.5 Å². The molecule has 0 spiro atoms. The first-order chi connectivity index (χ1) is 18.2. The molecule has 7 nitrogen and oxygen atoms in total. The van der Waals surface area contributed by atoms with E-state index in [1.807, 2.05) is 39.0 Å². The van der Waals surface area contributed by atoms with Crippen molar-refractivity contribution in [3.63, 3.8) is 0 Å². The van der Waals surface area contributed by atoms with Crippen LogP contribution in [0.25, 0.3) is 11.1 Å². The molecule has 1 aliphatic heterocycles. The average Bonchev–Trinajstić information content (AvgIpc) is 2.89. The van der Waals surface area contributed by atoms with Crippen molar-refractivity contribution in [3.8, 4) is 11.1 Å². The van der Waals surface area contributed by atoms with Crippen LogP contribution in [0.3, 0.4) is 0 Å². The number of benzene rings is 2. The van der Waals surface area contributed by atoms with Crippen LogP contribution < -0.4 is 21.5 Å². The van der Waals surface area contributed by atoms with Gasteiger partial charge in [-0.1, -0.05) is 12.1 Å². The molecule has 0 unspecified atom stereocenters. The smallest absolute Gasteiger partial charge is 0.253 e. The number of halogens is 1. The second kappa shape index (κ2) is 11.9. The van der Waals surface area contributed by atoms with Crippen LogP contribution in [-0.2, 0) is 17.8 Å². The van der Waals surface area contributed by atoms with Gasteiger partial charge in [0.2, 0.25) is 0 Å². The lowest BCUT2D eigenvalue weighted by Crippen LogP contribution is -2.40. The summed E-state index contributed by atoms with van der Waals surface area (Å²) in [7, 11) is 0. The number of aryl methyl sites for hydroxylation is 2. The first-order valence-electron chi connectivity index (χ1n) is 13.2. The van der Waals surface area contributed by atoms with Gasteiger partial charge in [-0.15, -0.1) is 0 Å². The number of anilines is 1. The molecule has 0 radical (unpaired) electrons. The van der Waals surface area contributed by atoms with Crippen molar-refractivity contribution >= 4 is 11.6 Å². The Morgan fingerprint density at radius 3 is 2.50 bits per heavy atom. The van der Waals surface area contributed by atoms with E-state index in [0.717, 1.165) is 47.5 Å². The molecule has 1 amide bonds. The Balaban J connectivity index is 1.76. The largest absolute Gasteiger partial charge is 0.381 e. The molecule has 202 valence electrons. The Morgan fingerprint density at radius 1 is 1.13 bits per heavy atom. The summed E-state index contributed by atoms with van der Waals surface area (Å²) in [5.41, 5.74) is 11.7. The number of aromatic nitrogens is 1. The Morgan fingerprint density at radius 2 is 1.87 bits per heavy atom. The van der Waals surface area contributed by atoms with Gasteiger partial charge in [-0.2, -0.15) is 0 Å². The van der Waals surface area contributed by atoms with E-state index < -0.39 is 0 Å². The van der Waals surface area contributed by atoms with Crippen molar-refractivity contribution in [2.75, 3.05) is 24.7 Å². The highest BCUT2D eigenvalue weighted by Gasteiger charge is 2.25. The number of ether oxygens (including phenoxy) is 1. The number of carbonyl (C=O) groups excluding carboxylic acids is 1. The van der Waals surface area contributed by atoms with Gasteiger partial charge in [-0.3, -0.25) is 9.59 Å². The fourth-order valence-electron chi connectivity index (χ4n) is 5.28. The van der Waals surface area contributed by atoms with Crippen LogP contribution in [0.1, 0.15) is 58.1 Å². The highest BCUT2D eigenvalue weighted by Crippen LogP contribution is 2.34. The average molecular weight is 521 g/mol. The van der Waals surface area contributed by atoms with Gasteiger partial charge in [0.15, 0.2) is 0 Å². The highest BCUT2D eigenvalue weighted by atomic mass is 19.1. The van der Waals surface area contributed by atoms with Crippen molar-refractivity contribution < 1.29 is 13.9 Å². The molecule has 3 aromatic rings. The molecule has 4 rings (SSSR count). The zero-order valence-corrected chi connectivity index (χ0v) is 22.6. The number of aromatic amines is 1. The van der Waals surface area contributed by atoms with Gasteiger partial charge in [0, 0.05) is 67.0 Å². The van der Waals surface area contributed by atoms with Gasteiger partial charge in [-0.05, 0) is 87.1 Å². The quantitative estimate of drug-likeness (QED) is 0.406. The molecular weight excluding hydrogens is 483 g/mol.